The van der Waals surface area contributed by atoms with Crippen LogP contribution >= 0.6 is 0 Å². The molecule has 2 aromatic carbocycles. The number of ether oxygens (including phenoxy) is 1. The Kier molecular flexibility index (Phi) is 5.49. The first-order valence-electron chi connectivity index (χ1n) is 8.52. The van der Waals surface area contributed by atoms with Crippen LogP contribution in [0, 0.1) is 5.82 Å². The summed E-state index contributed by atoms with van der Waals surface area (Å²) < 4.78 is 18.8. The molecule has 140 valence electrons. The number of carbonyl (C=O) groups excluding carboxylic acids is 3. The first-order valence-corrected chi connectivity index (χ1v) is 8.52. The lowest BCUT2D eigenvalue weighted by atomic mass is 9.99. The van der Waals surface area contributed by atoms with Crippen LogP contribution in [0.25, 0.3) is 11.1 Å². The number of esters is 1. The molecule has 0 aliphatic carbocycles. The lowest BCUT2D eigenvalue weighted by molar-refractivity contribution is -0.139. The lowest BCUT2D eigenvalue weighted by Crippen LogP contribution is -2.40. The SMILES string of the molecule is COC(=O)Cc1ccc(F)c(-c2ccc(C(=O)NC3CCNC3=O)cc2)c1. The molecule has 0 saturated carbocycles. The van der Waals surface area contributed by atoms with Gasteiger partial charge < -0.3 is 15.4 Å². The van der Waals surface area contributed by atoms with Crippen molar-refractivity contribution in [1.82, 2.24) is 10.6 Å². The van der Waals surface area contributed by atoms with Crippen LogP contribution in [-0.4, -0.2) is 37.5 Å². The summed E-state index contributed by atoms with van der Waals surface area (Å²) in [6, 6.07) is 10.3. The molecule has 1 heterocycles. The molecule has 0 spiro atoms. The second kappa shape index (κ2) is 7.99. The highest BCUT2D eigenvalue weighted by atomic mass is 19.1. The fourth-order valence-corrected chi connectivity index (χ4v) is 2.92. The minimum absolute atomic E-state index is 0.0493. The number of benzene rings is 2. The molecule has 0 bridgehead atoms. The van der Waals surface area contributed by atoms with Gasteiger partial charge in [-0.05, 0) is 41.8 Å². The van der Waals surface area contributed by atoms with Gasteiger partial charge in [0.15, 0.2) is 0 Å². The molecule has 1 aliphatic heterocycles. The lowest BCUT2D eigenvalue weighted by Gasteiger charge is -2.11. The van der Waals surface area contributed by atoms with Gasteiger partial charge in [-0.25, -0.2) is 4.39 Å². The Morgan fingerprint density at radius 3 is 2.59 bits per heavy atom. The molecule has 2 aromatic rings. The van der Waals surface area contributed by atoms with Gasteiger partial charge in [0, 0.05) is 17.7 Å². The summed E-state index contributed by atoms with van der Waals surface area (Å²) >= 11 is 0. The van der Waals surface area contributed by atoms with Crippen molar-refractivity contribution in [3.8, 4) is 11.1 Å². The van der Waals surface area contributed by atoms with Crippen LogP contribution in [0.3, 0.4) is 0 Å². The van der Waals surface area contributed by atoms with Gasteiger partial charge in [-0.2, -0.15) is 0 Å². The molecule has 0 radical (unpaired) electrons. The normalized spacial score (nSPS) is 15.9. The van der Waals surface area contributed by atoms with Gasteiger partial charge in [0.1, 0.15) is 11.9 Å². The van der Waals surface area contributed by atoms with E-state index in [-0.39, 0.29) is 18.2 Å². The van der Waals surface area contributed by atoms with E-state index in [9.17, 15) is 18.8 Å². The van der Waals surface area contributed by atoms with Gasteiger partial charge in [-0.1, -0.05) is 18.2 Å². The number of hydrogen-bond acceptors (Lipinski definition) is 4. The second-order valence-electron chi connectivity index (χ2n) is 6.25. The standard InChI is InChI=1S/C20H19FN2O4/c1-27-18(24)11-12-2-7-16(21)15(10-12)13-3-5-14(6-4-13)19(25)23-17-8-9-22-20(17)26/h2-7,10,17H,8-9,11H2,1H3,(H,22,26)(H,23,25). The Balaban J connectivity index is 1.76. The molecule has 1 atom stereocenters. The van der Waals surface area contributed by atoms with Crippen LogP contribution in [-0.2, 0) is 20.7 Å². The molecule has 1 fully saturated rings. The Bertz CT molecular complexity index is 880. The van der Waals surface area contributed by atoms with Crippen molar-refractivity contribution in [2.75, 3.05) is 13.7 Å². The highest BCUT2D eigenvalue weighted by Gasteiger charge is 2.25. The summed E-state index contributed by atoms with van der Waals surface area (Å²) in [5.41, 5.74) is 1.92. The van der Waals surface area contributed by atoms with Gasteiger partial charge in [-0.3, -0.25) is 14.4 Å². The average Bonchev–Trinajstić information content (AvgIpc) is 3.08. The second-order valence-corrected chi connectivity index (χ2v) is 6.25. The number of hydrogen-bond donors (Lipinski definition) is 2. The van der Waals surface area contributed by atoms with E-state index in [0.29, 0.717) is 35.2 Å². The predicted octanol–water partition coefficient (Wildman–Crippen LogP) is 1.83. The Morgan fingerprint density at radius 2 is 1.96 bits per heavy atom. The van der Waals surface area contributed by atoms with Crippen molar-refractivity contribution >= 4 is 17.8 Å². The van der Waals surface area contributed by atoms with Crippen LogP contribution in [0.1, 0.15) is 22.3 Å². The van der Waals surface area contributed by atoms with Crippen molar-refractivity contribution in [2.45, 2.75) is 18.9 Å². The molecule has 1 unspecified atom stereocenters. The number of halogens is 1. The highest BCUT2D eigenvalue weighted by molar-refractivity contribution is 5.98. The quantitative estimate of drug-likeness (QED) is 0.787. The number of rotatable bonds is 5. The van der Waals surface area contributed by atoms with Gasteiger partial charge in [0.25, 0.3) is 5.91 Å². The number of amides is 2. The van der Waals surface area contributed by atoms with Crippen LogP contribution in [0.2, 0.25) is 0 Å². The van der Waals surface area contributed by atoms with Crippen LogP contribution < -0.4 is 10.6 Å². The van der Waals surface area contributed by atoms with Gasteiger partial charge in [-0.15, -0.1) is 0 Å². The van der Waals surface area contributed by atoms with Crippen molar-refractivity contribution in [3.63, 3.8) is 0 Å². The first-order chi connectivity index (χ1) is 13.0. The maximum absolute atomic E-state index is 14.2. The predicted molar refractivity (Wildman–Crippen MR) is 96.4 cm³/mol. The van der Waals surface area contributed by atoms with E-state index in [1.165, 1.54) is 19.2 Å². The maximum atomic E-state index is 14.2. The van der Waals surface area contributed by atoms with Gasteiger partial charge >= 0.3 is 5.97 Å². The molecule has 3 rings (SSSR count). The van der Waals surface area contributed by atoms with E-state index in [2.05, 4.69) is 15.4 Å². The maximum Gasteiger partial charge on any atom is 0.309 e. The minimum Gasteiger partial charge on any atom is -0.469 e. The van der Waals surface area contributed by atoms with E-state index >= 15 is 0 Å². The summed E-state index contributed by atoms with van der Waals surface area (Å²) in [5.74, 6) is -1.38. The molecule has 6 nitrogen and oxygen atoms in total. The molecule has 27 heavy (non-hydrogen) atoms. The summed E-state index contributed by atoms with van der Waals surface area (Å²) in [5, 5.41) is 5.33. The zero-order valence-electron chi connectivity index (χ0n) is 14.8. The first kappa shape index (κ1) is 18.6. The largest absolute Gasteiger partial charge is 0.469 e. The molecule has 2 amide bonds. The van der Waals surface area contributed by atoms with E-state index < -0.39 is 17.8 Å². The fourth-order valence-electron chi connectivity index (χ4n) is 2.92. The Labute approximate surface area is 155 Å². The smallest absolute Gasteiger partial charge is 0.309 e. The van der Waals surface area contributed by atoms with E-state index in [4.69, 9.17) is 0 Å². The monoisotopic (exact) mass is 370 g/mol. The number of carbonyl (C=O) groups is 3. The number of methoxy groups -OCH3 is 1. The third-order valence-corrected chi connectivity index (χ3v) is 4.42. The van der Waals surface area contributed by atoms with E-state index in [1.807, 2.05) is 0 Å². The minimum atomic E-state index is -0.523. The third kappa shape index (κ3) is 4.31. The molecule has 1 aliphatic rings. The zero-order valence-corrected chi connectivity index (χ0v) is 14.8. The van der Waals surface area contributed by atoms with Gasteiger partial charge in [0.2, 0.25) is 5.91 Å². The Morgan fingerprint density at radius 1 is 1.22 bits per heavy atom. The zero-order chi connectivity index (χ0) is 19.4. The summed E-state index contributed by atoms with van der Waals surface area (Å²) in [6.45, 7) is 0.546. The molecule has 0 aromatic heterocycles. The summed E-state index contributed by atoms with van der Waals surface area (Å²) in [7, 11) is 1.30. The number of nitrogens with one attached hydrogen (secondary N) is 2. The summed E-state index contributed by atoms with van der Waals surface area (Å²) in [6.07, 6.45) is 0.606. The third-order valence-electron chi connectivity index (χ3n) is 4.42. The summed E-state index contributed by atoms with van der Waals surface area (Å²) in [4.78, 5) is 35.2. The van der Waals surface area contributed by atoms with Crippen LogP contribution in [0.5, 0.6) is 0 Å². The fraction of sp³-hybridized carbons (Fsp3) is 0.250. The molecular weight excluding hydrogens is 351 g/mol. The topological polar surface area (TPSA) is 84.5 Å². The molecule has 7 heteroatoms. The molecule has 2 N–H and O–H groups in total. The highest BCUT2D eigenvalue weighted by Crippen LogP contribution is 2.25. The van der Waals surface area contributed by atoms with Crippen molar-refractivity contribution in [3.05, 3.63) is 59.4 Å². The van der Waals surface area contributed by atoms with E-state index in [1.54, 1.807) is 30.3 Å². The Hall–Kier alpha value is -3.22. The van der Waals surface area contributed by atoms with Gasteiger partial charge in [0.05, 0.1) is 13.5 Å². The van der Waals surface area contributed by atoms with Crippen molar-refractivity contribution in [2.24, 2.45) is 0 Å². The van der Waals surface area contributed by atoms with Crippen LogP contribution in [0.4, 0.5) is 4.39 Å². The van der Waals surface area contributed by atoms with Crippen molar-refractivity contribution < 1.29 is 23.5 Å². The molecule has 1 saturated heterocycles. The molecular formula is C20H19FN2O4. The van der Waals surface area contributed by atoms with Crippen LogP contribution in [0.15, 0.2) is 42.5 Å². The van der Waals surface area contributed by atoms with Crippen molar-refractivity contribution in [1.29, 1.82) is 0 Å². The average molecular weight is 370 g/mol. The van der Waals surface area contributed by atoms with E-state index in [0.717, 1.165) is 0 Å².